The van der Waals surface area contributed by atoms with E-state index in [1.165, 1.54) is 17.0 Å². The zero-order valence-electron chi connectivity index (χ0n) is 24.3. The molecule has 0 fully saturated rings. The van der Waals surface area contributed by atoms with E-state index in [-0.39, 0.29) is 10.5 Å². The van der Waals surface area contributed by atoms with Gasteiger partial charge in [-0.3, -0.25) is 14.7 Å². The van der Waals surface area contributed by atoms with Crippen LogP contribution in [-0.4, -0.2) is 43.6 Å². The number of hydrogen-bond donors (Lipinski definition) is 1. The molecule has 0 aliphatic heterocycles. The van der Waals surface area contributed by atoms with E-state index < -0.39 is 15.9 Å². The molecule has 4 aromatic carbocycles. The van der Waals surface area contributed by atoms with Crippen LogP contribution in [0, 0.1) is 0 Å². The third-order valence-electron chi connectivity index (χ3n) is 6.93. The summed E-state index contributed by atoms with van der Waals surface area (Å²) < 4.78 is 33.7. The third-order valence-corrected chi connectivity index (χ3v) is 9.27. The number of benzene rings is 4. The van der Waals surface area contributed by atoms with Crippen LogP contribution < -0.4 is 9.46 Å². The minimum Gasteiger partial charge on any atom is -0.497 e. The van der Waals surface area contributed by atoms with Crippen LogP contribution >= 0.6 is 11.8 Å². The molecule has 0 saturated heterocycles. The number of hydrogen-bond acceptors (Lipinski definition) is 7. The second-order valence-electron chi connectivity index (χ2n) is 10.1. The van der Waals surface area contributed by atoms with Crippen molar-refractivity contribution in [1.29, 1.82) is 0 Å². The predicted octanol–water partition coefficient (Wildman–Crippen LogP) is 6.67. The molecule has 1 N–H and O–H groups in total. The van der Waals surface area contributed by atoms with Crippen molar-refractivity contribution in [3.05, 3.63) is 144 Å². The van der Waals surface area contributed by atoms with Gasteiger partial charge in [-0.1, -0.05) is 60.7 Å². The van der Waals surface area contributed by atoms with Gasteiger partial charge in [-0.25, -0.2) is 13.1 Å². The standard InChI is InChI=1S/C35H33N3O4S2/c1-42-31-9-7-8-28(24-31)26-38(22-23-43-32-10-3-2-4-11-32)25-27-13-19-33(20-14-27)44(40,41)37-35(39)30-17-15-29(16-18-30)34-12-5-6-21-36-34/h2-21,24H,22-23,25-26H2,1H3,(H,37,39). The molecule has 0 atom stereocenters. The van der Waals surface area contributed by atoms with E-state index >= 15 is 0 Å². The number of aromatic nitrogens is 1. The first-order chi connectivity index (χ1) is 21.4. The summed E-state index contributed by atoms with van der Waals surface area (Å²) in [6, 6.07) is 37.2. The lowest BCUT2D eigenvalue weighted by Crippen LogP contribution is -2.30. The first-order valence-corrected chi connectivity index (χ1v) is 16.6. The summed E-state index contributed by atoms with van der Waals surface area (Å²) in [7, 11) is -2.40. The van der Waals surface area contributed by atoms with Crippen LogP contribution in [0.4, 0.5) is 0 Å². The second-order valence-corrected chi connectivity index (χ2v) is 12.9. The van der Waals surface area contributed by atoms with Gasteiger partial charge in [0.25, 0.3) is 15.9 Å². The van der Waals surface area contributed by atoms with Crippen molar-refractivity contribution in [2.24, 2.45) is 0 Å². The van der Waals surface area contributed by atoms with Crippen molar-refractivity contribution >= 4 is 27.7 Å². The van der Waals surface area contributed by atoms with Gasteiger partial charge in [-0.05, 0) is 71.8 Å². The molecule has 0 bridgehead atoms. The Bertz CT molecular complexity index is 1770. The van der Waals surface area contributed by atoms with Gasteiger partial charge in [0.05, 0.1) is 17.7 Å². The predicted molar refractivity (Wildman–Crippen MR) is 175 cm³/mol. The Balaban J connectivity index is 1.24. The second kappa shape index (κ2) is 14.8. The Morgan fingerprint density at radius 2 is 1.55 bits per heavy atom. The number of nitrogens with zero attached hydrogens (tertiary/aromatic N) is 2. The molecule has 0 aliphatic rings. The van der Waals surface area contributed by atoms with Gasteiger partial charge in [0.15, 0.2) is 0 Å². The molecule has 1 heterocycles. The summed E-state index contributed by atoms with van der Waals surface area (Å²) in [6.45, 7) is 2.16. The summed E-state index contributed by atoms with van der Waals surface area (Å²) in [4.78, 5) is 20.7. The molecule has 9 heteroatoms. The molecular formula is C35H33N3O4S2. The highest BCUT2D eigenvalue weighted by Gasteiger charge is 2.19. The summed E-state index contributed by atoms with van der Waals surface area (Å²) >= 11 is 1.80. The van der Waals surface area contributed by atoms with Gasteiger partial charge in [0.2, 0.25) is 0 Å². The molecule has 1 amide bonds. The maximum atomic E-state index is 13.0. The fraction of sp³-hybridized carbons (Fsp3) is 0.143. The third kappa shape index (κ3) is 8.57. The molecule has 0 unspecified atom stereocenters. The molecular weight excluding hydrogens is 591 g/mol. The Labute approximate surface area is 263 Å². The van der Waals surface area contributed by atoms with Gasteiger partial charge in [-0.15, -0.1) is 11.8 Å². The largest absolute Gasteiger partial charge is 0.497 e. The lowest BCUT2D eigenvalue weighted by atomic mass is 10.1. The summed E-state index contributed by atoms with van der Waals surface area (Å²) in [5, 5.41) is 0. The van der Waals surface area contributed by atoms with Crippen molar-refractivity contribution < 1.29 is 17.9 Å². The highest BCUT2D eigenvalue weighted by molar-refractivity contribution is 7.99. The molecule has 0 aliphatic carbocycles. The number of nitrogens with one attached hydrogen (secondary N) is 1. The highest BCUT2D eigenvalue weighted by atomic mass is 32.2. The van der Waals surface area contributed by atoms with Crippen molar-refractivity contribution in [2.75, 3.05) is 19.4 Å². The molecule has 5 aromatic rings. The van der Waals surface area contributed by atoms with E-state index in [1.54, 1.807) is 61.5 Å². The molecule has 0 saturated carbocycles. The lowest BCUT2D eigenvalue weighted by Gasteiger charge is -2.23. The molecule has 0 radical (unpaired) electrons. The zero-order chi connectivity index (χ0) is 30.8. The number of methoxy groups -OCH3 is 1. The van der Waals surface area contributed by atoms with Crippen molar-refractivity contribution in [3.8, 4) is 17.0 Å². The number of amides is 1. The van der Waals surface area contributed by atoms with Crippen LogP contribution in [0.1, 0.15) is 21.5 Å². The quantitative estimate of drug-likeness (QED) is 0.147. The average Bonchev–Trinajstić information content (AvgIpc) is 3.06. The Hall–Kier alpha value is -4.44. The Kier molecular flexibility index (Phi) is 10.5. The topological polar surface area (TPSA) is 88.6 Å². The van der Waals surface area contributed by atoms with Crippen LogP contribution in [0.15, 0.2) is 137 Å². The smallest absolute Gasteiger partial charge is 0.264 e. The number of thioether (sulfide) groups is 1. The number of pyridine rings is 1. The molecule has 1 aromatic heterocycles. The van der Waals surface area contributed by atoms with Crippen LogP contribution in [0.2, 0.25) is 0 Å². The molecule has 7 nitrogen and oxygen atoms in total. The monoisotopic (exact) mass is 623 g/mol. The van der Waals surface area contributed by atoms with E-state index in [2.05, 4.69) is 32.8 Å². The molecule has 0 spiro atoms. The van der Waals surface area contributed by atoms with Crippen molar-refractivity contribution in [2.45, 2.75) is 22.9 Å². The molecule has 44 heavy (non-hydrogen) atoms. The first kappa shape index (κ1) is 31.0. The summed E-state index contributed by atoms with van der Waals surface area (Å²) in [5.41, 5.74) is 3.94. The van der Waals surface area contributed by atoms with Gasteiger partial charge < -0.3 is 4.74 Å². The minimum absolute atomic E-state index is 0.0266. The van der Waals surface area contributed by atoms with Crippen molar-refractivity contribution in [1.82, 2.24) is 14.6 Å². The van der Waals surface area contributed by atoms with E-state index in [0.717, 1.165) is 40.4 Å². The van der Waals surface area contributed by atoms with Crippen LogP contribution in [0.5, 0.6) is 5.75 Å². The van der Waals surface area contributed by atoms with Crippen LogP contribution in [-0.2, 0) is 23.1 Å². The first-order valence-electron chi connectivity index (χ1n) is 14.1. The van der Waals surface area contributed by atoms with Crippen LogP contribution in [0.25, 0.3) is 11.3 Å². The zero-order valence-corrected chi connectivity index (χ0v) is 25.9. The van der Waals surface area contributed by atoms with Gasteiger partial charge in [-0.2, -0.15) is 0 Å². The van der Waals surface area contributed by atoms with E-state index in [4.69, 9.17) is 4.74 Å². The lowest BCUT2D eigenvalue weighted by molar-refractivity contribution is 0.0981. The van der Waals surface area contributed by atoms with Crippen molar-refractivity contribution in [3.63, 3.8) is 0 Å². The normalized spacial score (nSPS) is 11.3. The number of sulfonamides is 1. The van der Waals surface area contributed by atoms with E-state index in [1.807, 2.05) is 54.6 Å². The molecule has 5 rings (SSSR count). The average molecular weight is 624 g/mol. The maximum Gasteiger partial charge on any atom is 0.264 e. The van der Waals surface area contributed by atoms with E-state index in [0.29, 0.717) is 13.1 Å². The maximum absolute atomic E-state index is 13.0. The van der Waals surface area contributed by atoms with Gasteiger partial charge >= 0.3 is 0 Å². The Morgan fingerprint density at radius 1 is 0.818 bits per heavy atom. The summed E-state index contributed by atoms with van der Waals surface area (Å²) in [6.07, 6.45) is 1.69. The fourth-order valence-corrected chi connectivity index (χ4v) is 6.56. The number of carbonyl (C=O) groups excluding carboxylic acids is 1. The fourth-order valence-electron chi connectivity index (χ4n) is 4.65. The number of rotatable bonds is 13. The Morgan fingerprint density at radius 3 is 2.25 bits per heavy atom. The summed E-state index contributed by atoms with van der Waals surface area (Å²) in [5.74, 6) is 1.01. The highest BCUT2D eigenvalue weighted by Crippen LogP contribution is 2.21. The minimum atomic E-state index is -4.06. The number of ether oxygens (including phenoxy) is 1. The van der Waals surface area contributed by atoms with Crippen LogP contribution in [0.3, 0.4) is 0 Å². The number of carbonyl (C=O) groups is 1. The van der Waals surface area contributed by atoms with E-state index in [9.17, 15) is 13.2 Å². The SMILES string of the molecule is COc1cccc(CN(CCSc2ccccc2)Cc2ccc(S(=O)(=O)NC(=O)c3ccc(-c4ccccn4)cc3)cc2)c1. The van der Waals surface area contributed by atoms with Gasteiger partial charge in [0.1, 0.15) is 5.75 Å². The van der Waals surface area contributed by atoms with Gasteiger partial charge in [0, 0.05) is 47.6 Å². The molecule has 224 valence electrons.